The van der Waals surface area contributed by atoms with Gasteiger partial charge in [0.15, 0.2) is 0 Å². The van der Waals surface area contributed by atoms with Gasteiger partial charge in [0.2, 0.25) is 5.91 Å². The standard InChI is InChI=1S/C28H32N2O5/c1-15(2)25(27(32)33)30-26(31)17-11-16-13-24(22(16)12-17)29-28(34)35-14-23-20-9-5-3-7-18(20)19-8-4-6-10-21(19)23/h3-10,15-17,22-25H,11-14H2,1-2H3,(H,29,34)(H,30,31)(H,32,33)/t16?,17?,22?,24?,25-/m0/s1. The predicted molar refractivity (Wildman–Crippen MR) is 131 cm³/mol. The van der Waals surface area contributed by atoms with Gasteiger partial charge in [-0.1, -0.05) is 62.4 Å². The molecule has 2 saturated carbocycles. The topological polar surface area (TPSA) is 105 Å². The lowest BCUT2D eigenvalue weighted by Gasteiger charge is -2.40. The monoisotopic (exact) mass is 476 g/mol. The van der Waals surface area contributed by atoms with E-state index in [1.54, 1.807) is 13.8 Å². The van der Waals surface area contributed by atoms with Crippen LogP contribution in [0.5, 0.6) is 0 Å². The number of benzene rings is 2. The molecular formula is C28H32N2O5. The minimum Gasteiger partial charge on any atom is -0.480 e. The van der Waals surface area contributed by atoms with E-state index in [1.807, 2.05) is 24.3 Å². The largest absolute Gasteiger partial charge is 0.480 e. The number of hydrogen-bond donors (Lipinski definition) is 3. The van der Waals surface area contributed by atoms with Crippen LogP contribution >= 0.6 is 0 Å². The Balaban J connectivity index is 1.14. The van der Waals surface area contributed by atoms with Crippen LogP contribution in [0.2, 0.25) is 0 Å². The van der Waals surface area contributed by atoms with Crippen LogP contribution in [-0.2, 0) is 14.3 Å². The van der Waals surface area contributed by atoms with E-state index in [0.717, 1.165) is 12.8 Å². The minimum atomic E-state index is -1.01. The molecule has 0 heterocycles. The second kappa shape index (κ2) is 9.36. The average molecular weight is 477 g/mol. The molecule has 184 valence electrons. The van der Waals surface area contributed by atoms with E-state index < -0.39 is 18.1 Å². The number of alkyl carbamates (subject to hydrolysis) is 1. The maximum Gasteiger partial charge on any atom is 0.407 e. The molecule has 3 N–H and O–H groups in total. The molecule has 35 heavy (non-hydrogen) atoms. The first-order chi connectivity index (χ1) is 16.8. The lowest BCUT2D eigenvalue weighted by Crippen LogP contribution is -2.50. The third-order valence-corrected chi connectivity index (χ3v) is 8.07. The molecule has 3 aliphatic carbocycles. The Morgan fingerprint density at radius 1 is 0.971 bits per heavy atom. The number of ether oxygens (including phenoxy) is 1. The molecule has 2 aromatic carbocycles. The molecule has 7 heteroatoms. The summed E-state index contributed by atoms with van der Waals surface area (Å²) in [6.45, 7) is 3.84. The van der Waals surface area contributed by atoms with E-state index in [0.29, 0.717) is 12.3 Å². The fraction of sp³-hybridized carbons (Fsp3) is 0.464. The Hall–Kier alpha value is -3.35. The second-order valence-electron chi connectivity index (χ2n) is 10.5. The van der Waals surface area contributed by atoms with Gasteiger partial charge in [-0.25, -0.2) is 9.59 Å². The van der Waals surface area contributed by atoms with Gasteiger partial charge in [0.25, 0.3) is 0 Å². The first-order valence-electron chi connectivity index (χ1n) is 12.5. The zero-order valence-corrected chi connectivity index (χ0v) is 20.1. The van der Waals surface area contributed by atoms with E-state index in [2.05, 4.69) is 34.9 Å². The Morgan fingerprint density at radius 2 is 1.60 bits per heavy atom. The summed E-state index contributed by atoms with van der Waals surface area (Å²) >= 11 is 0. The molecule has 2 amide bonds. The van der Waals surface area contributed by atoms with Crippen molar-refractivity contribution in [3.05, 3.63) is 59.7 Å². The molecule has 0 radical (unpaired) electrons. The van der Waals surface area contributed by atoms with Gasteiger partial charge in [0.1, 0.15) is 12.6 Å². The van der Waals surface area contributed by atoms with Gasteiger partial charge in [-0.3, -0.25) is 4.79 Å². The van der Waals surface area contributed by atoms with Crippen molar-refractivity contribution in [3.8, 4) is 11.1 Å². The molecule has 5 atom stereocenters. The normalized spacial score (nSPS) is 25.1. The summed E-state index contributed by atoms with van der Waals surface area (Å²) in [5, 5.41) is 15.1. The lowest BCUT2D eigenvalue weighted by molar-refractivity contribution is -0.143. The van der Waals surface area contributed by atoms with Gasteiger partial charge in [-0.2, -0.15) is 0 Å². The van der Waals surface area contributed by atoms with Crippen molar-refractivity contribution >= 4 is 18.0 Å². The number of carboxylic acid groups (broad SMARTS) is 1. The molecule has 0 aliphatic heterocycles. The number of hydrogen-bond acceptors (Lipinski definition) is 4. The third kappa shape index (κ3) is 4.40. The molecule has 7 nitrogen and oxygen atoms in total. The van der Waals surface area contributed by atoms with E-state index in [1.165, 1.54) is 22.3 Å². The quantitative estimate of drug-likeness (QED) is 0.557. The van der Waals surface area contributed by atoms with Crippen molar-refractivity contribution in [1.82, 2.24) is 10.6 Å². The average Bonchev–Trinajstić information content (AvgIpc) is 3.34. The zero-order valence-electron chi connectivity index (χ0n) is 20.1. The molecule has 0 saturated heterocycles. The summed E-state index contributed by atoms with van der Waals surface area (Å²) in [6.07, 6.45) is 1.80. The molecule has 4 unspecified atom stereocenters. The molecule has 3 aliphatic rings. The van der Waals surface area contributed by atoms with Crippen molar-refractivity contribution in [2.75, 3.05) is 6.61 Å². The smallest absolute Gasteiger partial charge is 0.407 e. The van der Waals surface area contributed by atoms with Gasteiger partial charge in [0.05, 0.1) is 0 Å². The second-order valence-corrected chi connectivity index (χ2v) is 10.5. The fourth-order valence-electron chi connectivity index (χ4n) is 6.18. The molecular weight excluding hydrogens is 444 g/mol. The third-order valence-electron chi connectivity index (χ3n) is 8.07. The molecule has 2 aromatic rings. The number of aliphatic carboxylic acids is 1. The van der Waals surface area contributed by atoms with Crippen LogP contribution in [0.1, 0.15) is 50.2 Å². The molecule has 0 bridgehead atoms. The summed E-state index contributed by atoms with van der Waals surface area (Å²) in [6, 6.07) is 15.6. The number of fused-ring (bicyclic) bond motifs is 4. The maximum atomic E-state index is 12.7. The molecule has 2 fully saturated rings. The van der Waals surface area contributed by atoms with E-state index in [9.17, 15) is 19.5 Å². The number of carbonyl (C=O) groups is 3. The fourth-order valence-corrected chi connectivity index (χ4v) is 6.18. The summed E-state index contributed by atoms with van der Waals surface area (Å²) in [7, 11) is 0. The predicted octanol–water partition coefficient (Wildman–Crippen LogP) is 4.17. The van der Waals surface area contributed by atoms with Gasteiger partial charge in [-0.05, 0) is 59.3 Å². The van der Waals surface area contributed by atoms with Crippen molar-refractivity contribution in [3.63, 3.8) is 0 Å². The number of nitrogens with one attached hydrogen (secondary N) is 2. The van der Waals surface area contributed by atoms with Gasteiger partial charge in [0, 0.05) is 17.9 Å². The van der Waals surface area contributed by atoms with Crippen LogP contribution < -0.4 is 10.6 Å². The van der Waals surface area contributed by atoms with E-state index >= 15 is 0 Å². The van der Waals surface area contributed by atoms with Crippen LogP contribution in [0.4, 0.5) is 4.79 Å². The highest BCUT2D eigenvalue weighted by Gasteiger charge is 2.50. The Morgan fingerprint density at radius 3 is 2.20 bits per heavy atom. The number of carbonyl (C=O) groups excluding carboxylic acids is 2. The zero-order chi connectivity index (χ0) is 24.7. The molecule has 0 spiro atoms. The maximum absolute atomic E-state index is 12.7. The van der Waals surface area contributed by atoms with Crippen LogP contribution in [-0.4, -0.2) is 41.8 Å². The van der Waals surface area contributed by atoms with Crippen LogP contribution in [0, 0.1) is 23.7 Å². The van der Waals surface area contributed by atoms with Crippen LogP contribution in [0.25, 0.3) is 11.1 Å². The van der Waals surface area contributed by atoms with Crippen LogP contribution in [0.3, 0.4) is 0 Å². The first-order valence-corrected chi connectivity index (χ1v) is 12.5. The number of amides is 2. The van der Waals surface area contributed by atoms with Gasteiger partial charge < -0.3 is 20.5 Å². The number of carboxylic acids is 1. The van der Waals surface area contributed by atoms with Crippen molar-refractivity contribution in [2.24, 2.45) is 23.7 Å². The van der Waals surface area contributed by atoms with Gasteiger partial charge in [-0.15, -0.1) is 0 Å². The molecule has 0 aromatic heterocycles. The SMILES string of the molecule is CC(C)[C@H](NC(=O)C1CC2CC(NC(=O)OCC3c4ccccc4-c4ccccc43)C2C1)C(=O)O. The van der Waals surface area contributed by atoms with Crippen molar-refractivity contribution in [2.45, 2.75) is 51.1 Å². The Labute approximate surface area is 205 Å². The summed E-state index contributed by atoms with van der Waals surface area (Å²) in [5.74, 6) is -0.965. The van der Waals surface area contributed by atoms with Crippen LogP contribution in [0.15, 0.2) is 48.5 Å². The highest BCUT2D eigenvalue weighted by Crippen LogP contribution is 2.50. The highest BCUT2D eigenvalue weighted by molar-refractivity contribution is 5.85. The highest BCUT2D eigenvalue weighted by atomic mass is 16.5. The van der Waals surface area contributed by atoms with Crippen molar-refractivity contribution in [1.29, 1.82) is 0 Å². The lowest BCUT2D eigenvalue weighted by atomic mass is 9.71. The van der Waals surface area contributed by atoms with Crippen molar-refractivity contribution < 1.29 is 24.2 Å². The summed E-state index contributed by atoms with van der Waals surface area (Å²) < 4.78 is 5.68. The Kier molecular flexibility index (Phi) is 6.26. The Bertz CT molecular complexity index is 1100. The van der Waals surface area contributed by atoms with Gasteiger partial charge >= 0.3 is 12.1 Å². The van der Waals surface area contributed by atoms with E-state index in [4.69, 9.17) is 4.74 Å². The summed E-state index contributed by atoms with van der Waals surface area (Å²) in [5.41, 5.74) is 4.74. The van der Waals surface area contributed by atoms with E-state index in [-0.39, 0.29) is 42.2 Å². The minimum absolute atomic E-state index is 0.00572. The molecule has 5 rings (SSSR count). The number of rotatable bonds is 7. The summed E-state index contributed by atoms with van der Waals surface area (Å²) in [4.78, 5) is 36.7. The first kappa shape index (κ1) is 23.4.